The monoisotopic (exact) mass is 364 g/mol. The Labute approximate surface area is 137 Å². The van der Waals surface area contributed by atoms with Crippen LogP contribution in [-0.2, 0) is 17.4 Å². The van der Waals surface area contributed by atoms with E-state index in [9.17, 15) is 31.1 Å². The molecule has 25 heavy (non-hydrogen) atoms. The van der Waals surface area contributed by atoms with Gasteiger partial charge in [0.25, 0.3) is 0 Å². The van der Waals surface area contributed by atoms with Gasteiger partial charge < -0.3 is 9.84 Å². The summed E-state index contributed by atoms with van der Waals surface area (Å²) >= 11 is 0. The fraction of sp³-hybridized carbons (Fsp3) is 0.188. The first-order chi connectivity index (χ1) is 11.5. The van der Waals surface area contributed by atoms with E-state index in [4.69, 9.17) is 5.11 Å². The second kappa shape index (κ2) is 6.66. The standard InChI is InChI=1S/C16H10F6O3/c17-15(18,19)13-7-10(4-5-11(13)8-14(23)24)9-2-1-3-12(6-9)25-16(20,21)22/h1-7H,8H2,(H,23,24). The molecule has 2 rings (SSSR count). The molecule has 0 heterocycles. The van der Waals surface area contributed by atoms with Crippen molar-refractivity contribution in [2.75, 3.05) is 0 Å². The van der Waals surface area contributed by atoms with Crippen molar-refractivity contribution in [2.45, 2.75) is 19.0 Å². The van der Waals surface area contributed by atoms with Crippen molar-refractivity contribution in [3.63, 3.8) is 0 Å². The SMILES string of the molecule is O=C(O)Cc1ccc(-c2cccc(OC(F)(F)F)c2)cc1C(F)(F)F. The molecule has 0 bridgehead atoms. The van der Waals surface area contributed by atoms with Crippen LogP contribution in [0.2, 0.25) is 0 Å². The average Bonchev–Trinajstić information content (AvgIpc) is 2.44. The van der Waals surface area contributed by atoms with Crippen LogP contribution in [0.25, 0.3) is 11.1 Å². The van der Waals surface area contributed by atoms with Crippen molar-refractivity contribution in [2.24, 2.45) is 0 Å². The van der Waals surface area contributed by atoms with Gasteiger partial charge in [0.15, 0.2) is 0 Å². The maximum atomic E-state index is 13.1. The number of alkyl halides is 6. The zero-order valence-corrected chi connectivity index (χ0v) is 12.3. The highest BCUT2D eigenvalue weighted by Crippen LogP contribution is 2.36. The molecular weight excluding hydrogens is 354 g/mol. The maximum absolute atomic E-state index is 13.1. The Morgan fingerprint density at radius 1 is 0.960 bits per heavy atom. The lowest BCUT2D eigenvalue weighted by atomic mass is 9.97. The van der Waals surface area contributed by atoms with Gasteiger partial charge in [-0.05, 0) is 34.9 Å². The first-order valence-electron chi connectivity index (χ1n) is 6.74. The molecule has 0 spiro atoms. The Hall–Kier alpha value is -2.71. The Kier molecular flexibility index (Phi) is 4.96. The first kappa shape index (κ1) is 18.6. The zero-order chi connectivity index (χ0) is 18.8. The molecular formula is C16H10F6O3. The molecule has 2 aromatic carbocycles. The van der Waals surface area contributed by atoms with Gasteiger partial charge in [-0.3, -0.25) is 4.79 Å². The van der Waals surface area contributed by atoms with E-state index in [2.05, 4.69) is 4.74 Å². The molecule has 0 radical (unpaired) electrons. The number of ether oxygens (including phenoxy) is 1. The van der Waals surface area contributed by atoms with Gasteiger partial charge in [-0.25, -0.2) is 0 Å². The van der Waals surface area contributed by atoms with Crippen LogP contribution in [0.15, 0.2) is 42.5 Å². The summed E-state index contributed by atoms with van der Waals surface area (Å²) in [6, 6.07) is 7.37. The van der Waals surface area contributed by atoms with Gasteiger partial charge in [0, 0.05) is 0 Å². The Morgan fingerprint density at radius 2 is 1.60 bits per heavy atom. The molecule has 0 aliphatic heterocycles. The molecule has 0 saturated carbocycles. The number of carbonyl (C=O) groups is 1. The number of halogens is 6. The Balaban J connectivity index is 2.46. The minimum atomic E-state index is -4.93. The van der Waals surface area contributed by atoms with Gasteiger partial charge in [-0.15, -0.1) is 13.2 Å². The predicted molar refractivity (Wildman–Crippen MR) is 74.9 cm³/mol. The van der Waals surface area contributed by atoms with Crippen LogP contribution in [0.1, 0.15) is 11.1 Å². The van der Waals surface area contributed by atoms with Crippen molar-refractivity contribution in [3.05, 3.63) is 53.6 Å². The summed E-state index contributed by atoms with van der Waals surface area (Å²) in [7, 11) is 0. The fourth-order valence-corrected chi connectivity index (χ4v) is 2.21. The Morgan fingerprint density at radius 3 is 2.16 bits per heavy atom. The van der Waals surface area contributed by atoms with Gasteiger partial charge in [0.2, 0.25) is 0 Å². The molecule has 9 heteroatoms. The quantitative estimate of drug-likeness (QED) is 0.785. The van der Waals surface area contributed by atoms with E-state index >= 15 is 0 Å². The van der Waals surface area contributed by atoms with Crippen LogP contribution in [0, 0.1) is 0 Å². The molecule has 0 amide bonds. The third-order valence-corrected chi connectivity index (χ3v) is 3.16. The van der Waals surface area contributed by atoms with Crippen LogP contribution in [0.5, 0.6) is 5.75 Å². The number of carboxylic acid groups (broad SMARTS) is 1. The van der Waals surface area contributed by atoms with Crippen LogP contribution in [0.3, 0.4) is 0 Å². The molecule has 0 unspecified atom stereocenters. The average molecular weight is 364 g/mol. The number of hydrogen-bond acceptors (Lipinski definition) is 2. The molecule has 1 N–H and O–H groups in total. The smallest absolute Gasteiger partial charge is 0.481 e. The predicted octanol–water partition coefficient (Wildman–Crippen LogP) is 4.90. The summed E-state index contributed by atoms with van der Waals surface area (Å²) < 4.78 is 79.9. The van der Waals surface area contributed by atoms with Crippen molar-refractivity contribution < 1.29 is 41.0 Å². The highest BCUT2D eigenvalue weighted by atomic mass is 19.4. The maximum Gasteiger partial charge on any atom is 0.573 e. The number of hydrogen-bond donors (Lipinski definition) is 1. The summed E-state index contributed by atoms with van der Waals surface area (Å²) in [5.41, 5.74) is -1.55. The molecule has 0 saturated heterocycles. The van der Waals surface area contributed by atoms with E-state index in [1.54, 1.807) is 0 Å². The van der Waals surface area contributed by atoms with E-state index in [0.717, 1.165) is 18.2 Å². The van der Waals surface area contributed by atoms with Gasteiger partial charge >= 0.3 is 18.5 Å². The fourth-order valence-electron chi connectivity index (χ4n) is 2.21. The van der Waals surface area contributed by atoms with Gasteiger partial charge in [-0.2, -0.15) is 13.2 Å². The van der Waals surface area contributed by atoms with Crippen LogP contribution in [-0.4, -0.2) is 17.4 Å². The highest BCUT2D eigenvalue weighted by Gasteiger charge is 2.34. The summed E-state index contributed by atoms with van der Waals surface area (Å²) in [6.45, 7) is 0. The van der Waals surface area contributed by atoms with Crippen molar-refractivity contribution in [1.29, 1.82) is 0 Å². The van der Waals surface area contributed by atoms with E-state index in [1.165, 1.54) is 18.2 Å². The number of aliphatic carboxylic acids is 1. The van der Waals surface area contributed by atoms with E-state index in [1.807, 2.05) is 0 Å². The van der Waals surface area contributed by atoms with Gasteiger partial charge in [-0.1, -0.05) is 24.3 Å². The summed E-state index contributed by atoms with van der Waals surface area (Å²) in [5, 5.41) is 8.70. The van der Waals surface area contributed by atoms with E-state index in [-0.39, 0.29) is 11.1 Å². The van der Waals surface area contributed by atoms with Crippen molar-refractivity contribution in [1.82, 2.24) is 0 Å². The molecule has 0 aromatic heterocycles. The van der Waals surface area contributed by atoms with Crippen LogP contribution >= 0.6 is 0 Å². The number of carboxylic acids is 1. The molecule has 0 aliphatic rings. The molecule has 3 nitrogen and oxygen atoms in total. The first-order valence-corrected chi connectivity index (χ1v) is 6.74. The highest BCUT2D eigenvalue weighted by molar-refractivity contribution is 5.73. The molecule has 0 aliphatic carbocycles. The lowest BCUT2D eigenvalue weighted by Crippen LogP contribution is -2.17. The Bertz CT molecular complexity index is 780. The van der Waals surface area contributed by atoms with Crippen LogP contribution in [0.4, 0.5) is 26.3 Å². The summed E-state index contributed by atoms with van der Waals surface area (Å²) in [4.78, 5) is 10.7. The normalized spacial score (nSPS) is 12.1. The van der Waals surface area contributed by atoms with Crippen molar-refractivity contribution in [3.8, 4) is 16.9 Å². The summed E-state index contributed by atoms with van der Waals surface area (Å²) in [6.07, 6.45) is -10.6. The second-order valence-electron chi connectivity index (χ2n) is 5.02. The number of benzene rings is 2. The number of rotatable bonds is 4. The molecule has 2 aromatic rings. The third kappa shape index (κ3) is 5.13. The minimum Gasteiger partial charge on any atom is -0.481 e. The minimum absolute atomic E-state index is 0.0194. The summed E-state index contributed by atoms with van der Waals surface area (Å²) in [5.74, 6) is -2.01. The third-order valence-electron chi connectivity index (χ3n) is 3.16. The second-order valence-corrected chi connectivity index (χ2v) is 5.02. The molecule has 0 atom stereocenters. The largest absolute Gasteiger partial charge is 0.573 e. The van der Waals surface area contributed by atoms with Gasteiger partial charge in [0.1, 0.15) is 5.75 Å². The molecule has 0 fully saturated rings. The van der Waals surface area contributed by atoms with E-state index in [0.29, 0.717) is 6.07 Å². The zero-order valence-electron chi connectivity index (χ0n) is 12.3. The topological polar surface area (TPSA) is 46.5 Å². The lowest BCUT2D eigenvalue weighted by Gasteiger charge is -2.14. The lowest BCUT2D eigenvalue weighted by molar-refractivity contribution is -0.274. The van der Waals surface area contributed by atoms with E-state index < -0.39 is 41.8 Å². The van der Waals surface area contributed by atoms with Crippen molar-refractivity contribution >= 4 is 5.97 Å². The molecule has 134 valence electrons. The van der Waals surface area contributed by atoms with Gasteiger partial charge in [0.05, 0.1) is 12.0 Å². The van der Waals surface area contributed by atoms with Crippen LogP contribution < -0.4 is 4.74 Å².